The second-order valence-corrected chi connectivity index (χ2v) is 19.0. The molecule has 7 aromatic rings. The van der Waals surface area contributed by atoms with Crippen molar-refractivity contribution in [3.63, 3.8) is 0 Å². The average Bonchev–Trinajstić information content (AvgIpc) is 2.21. The largest absolute Gasteiger partial charge is 2.00 e. The summed E-state index contributed by atoms with van der Waals surface area (Å²) in [7, 11) is 4.74. The Morgan fingerprint density at radius 2 is 0.923 bits per heavy atom. The van der Waals surface area contributed by atoms with Crippen molar-refractivity contribution in [3.8, 4) is 34.5 Å². The van der Waals surface area contributed by atoms with Gasteiger partial charge in [0.05, 0.1) is 40.3 Å². The van der Waals surface area contributed by atoms with Crippen molar-refractivity contribution < 1.29 is 83.0 Å². The van der Waals surface area contributed by atoms with Gasteiger partial charge in [-0.25, -0.2) is 0 Å². The van der Waals surface area contributed by atoms with Crippen molar-refractivity contribution >= 4 is 91.5 Å². The van der Waals surface area contributed by atoms with Gasteiger partial charge in [-0.05, 0) is 154 Å². The molecule has 2 fully saturated rings. The van der Waals surface area contributed by atoms with Gasteiger partial charge in [-0.15, -0.1) is 0 Å². The first-order valence-corrected chi connectivity index (χ1v) is 28.5. The van der Waals surface area contributed by atoms with Crippen LogP contribution in [0.25, 0.3) is 12.2 Å². The van der Waals surface area contributed by atoms with E-state index in [0.29, 0.717) is 45.8 Å². The Bertz CT molecular complexity index is 3200. The number of allylic oxidation sites excluding steroid dienone is 3. The summed E-state index contributed by atoms with van der Waals surface area (Å²) in [6, 6.07) is 48.2. The van der Waals surface area contributed by atoms with Gasteiger partial charge >= 0.3 is 48.9 Å². The molecule has 91 heavy (non-hydrogen) atoms. The number of hydrogen-bond acceptors (Lipinski definition) is 17. The number of ketones is 2. The Morgan fingerprint density at radius 3 is 1.32 bits per heavy atom. The van der Waals surface area contributed by atoms with Crippen LogP contribution in [0.2, 0.25) is 0 Å². The van der Waals surface area contributed by atoms with Gasteiger partial charge in [0.15, 0.2) is 47.1 Å². The standard InChI is InChI=1S/C21H22O3.C16H14O2.C13H16O4.C8H8O3.C7H6O.C5H8O.CH4O.CH3O.CH4.Ba.H2O/c1-16-15-17(10-12-19(22)18-7-3-2-4-8-18)11-13-20(16)24-21-9-5-6-14-23-21;1-12-11-13(7-9-15(12)17)8-10-16(18)14-5-3-2-4-6-14;1-15-12-8-10(9-14)5-6-11(12)17-13-4-2-3-7-16-13;1-11-8-4-6(5-9)2-3-7(8)10;8-6-7-4-2-1-3-5-7;1-2-4-6-5-3-1;2*1-2;;;/h2-4,7-8,10-13,15,21H,5-6,9,14H2,1H3;2-11,17H,1H3;5-6,8-9,13H,2-4,7H2,1H3;2-5,10H,1H3;1-6H;2,4H,1,3,5H2;2H,1H3;1H3;1H4;;1H2/q;;;;;;;-1;;+2;/p-1/b12-10+;10-8+;;;;;;;;;. The van der Waals surface area contributed by atoms with Crippen LogP contribution in [0.4, 0.5) is 0 Å². The predicted molar refractivity (Wildman–Crippen MR) is 355 cm³/mol. The summed E-state index contributed by atoms with van der Waals surface area (Å²) in [6.45, 7) is 6.25. The van der Waals surface area contributed by atoms with Crippen LogP contribution in [0.1, 0.15) is 133 Å². The zero-order valence-corrected chi connectivity index (χ0v) is 56.5. The number of benzene rings is 7. The molecule has 0 amide bonds. The Kier molecular flexibility index (Phi) is 46.4. The van der Waals surface area contributed by atoms with E-state index in [1.807, 2.05) is 117 Å². The number of ether oxygens (including phenoxy) is 7. The normalized spacial score (nSPS) is 13.8. The number of rotatable bonds is 15. The summed E-state index contributed by atoms with van der Waals surface area (Å²) in [4.78, 5) is 54.8. The van der Waals surface area contributed by atoms with Crippen LogP contribution in [0.15, 0.2) is 188 Å². The number of phenols is 2. The van der Waals surface area contributed by atoms with E-state index in [4.69, 9.17) is 48.5 Å². The molecular formula is C73H86BaO17. The van der Waals surface area contributed by atoms with E-state index in [1.165, 1.54) is 38.2 Å². The third kappa shape index (κ3) is 33.1. The minimum Gasteiger partial charge on any atom is -0.870 e. The molecule has 3 heterocycles. The first-order valence-electron chi connectivity index (χ1n) is 28.5. The maximum absolute atomic E-state index is 12.1. The number of carbonyl (C=O) groups excluding carboxylic acids is 5. The average molecular weight is 1370 g/mol. The van der Waals surface area contributed by atoms with E-state index in [9.17, 15) is 29.1 Å². The van der Waals surface area contributed by atoms with E-state index < -0.39 is 0 Å². The molecule has 0 bridgehead atoms. The van der Waals surface area contributed by atoms with Crippen LogP contribution in [0.5, 0.6) is 34.5 Å². The number of aryl methyl sites for hydroxylation is 2. The summed E-state index contributed by atoms with van der Waals surface area (Å²) in [6.07, 6.45) is 21.2. The zero-order chi connectivity index (χ0) is 64.2. The quantitative estimate of drug-likeness (QED) is 0.0373. The topological polar surface area (TPSA) is 264 Å². The maximum atomic E-state index is 12.1. The van der Waals surface area contributed by atoms with Crippen molar-refractivity contribution in [2.45, 2.75) is 85.2 Å². The number of methoxy groups -OCH3 is 2. The molecule has 10 rings (SSSR count). The molecule has 0 spiro atoms. The maximum Gasteiger partial charge on any atom is 2.00 e. The molecular weight excluding hydrogens is 1290 g/mol. The third-order valence-electron chi connectivity index (χ3n) is 12.6. The number of aliphatic hydroxyl groups is 1. The van der Waals surface area contributed by atoms with Crippen LogP contribution in [0, 0.1) is 13.8 Å². The fourth-order valence-corrected chi connectivity index (χ4v) is 7.97. The molecule has 2 unspecified atom stereocenters. The molecule has 2 saturated heterocycles. The molecule has 7 aromatic carbocycles. The number of aliphatic hydroxyl groups excluding tert-OH is 1. The van der Waals surface area contributed by atoms with Crippen molar-refractivity contribution in [2.75, 3.05) is 48.3 Å². The van der Waals surface area contributed by atoms with Crippen LogP contribution < -0.4 is 24.1 Å². The Hall–Kier alpha value is -7.92. The zero-order valence-electron chi connectivity index (χ0n) is 52.0. The van der Waals surface area contributed by atoms with Crippen LogP contribution >= 0.6 is 0 Å². The summed E-state index contributed by atoms with van der Waals surface area (Å²) in [5, 5.41) is 33.7. The minimum atomic E-state index is -0.209. The molecule has 482 valence electrons. The number of phenolic OH excluding ortho intramolecular Hbond substituents is 2. The Balaban J connectivity index is 0.00000110. The summed E-state index contributed by atoms with van der Waals surface area (Å²) < 4.78 is 37.6. The summed E-state index contributed by atoms with van der Waals surface area (Å²) in [5.74, 6) is 2.61. The van der Waals surface area contributed by atoms with Gasteiger partial charge in [-0.2, -0.15) is 7.11 Å². The van der Waals surface area contributed by atoms with Crippen molar-refractivity contribution in [1.29, 1.82) is 0 Å². The minimum absolute atomic E-state index is 0. The Labute approximate surface area is 576 Å². The fraction of sp³-hybridized carbons (Fsp3) is 0.274. The monoisotopic (exact) mass is 1370 g/mol. The van der Waals surface area contributed by atoms with Gasteiger partial charge in [-0.3, -0.25) is 24.0 Å². The molecule has 3 aliphatic heterocycles. The van der Waals surface area contributed by atoms with Crippen LogP contribution in [-0.2, 0) is 14.2 Å². The number of hydrogen-bond donors (Lipinski definition) is 3. The first-order chi connectivity index (χ1) is 42.9. The molecule has 2 atom stereocenters. The van der Waals surface area contributed by atoms with Gasteiger partial charge in [0.2, 0.25) is 0 Å². The molecule has 17 nitrogen and oxygen atoms in total. The first kappa shape index (κ1) is 83.1. The molecule has 0 radical (unpaired) electrons. The van der Waals surface area contributed by atoms with Gasteiger partial charge in [-0.1, -0.05) is 123 Å². The van der Waals surface area contributed by atoms with E-state index in [2.05, 4.69) is 0 Å². The summed E-state index contributed by atoms with van der Waals surface area (Å²) in [5.41, 5.74) is 6.86. The van der Waals surface area contributed by atoms with Crippen LogP contribution in [-0.4, -0.2) is 161 Å². The second kappa shape index (κ2) is 50.8. The van der Waals surface area contributed by atoms with Gasteiger partial charge in [0.25, 0.3) is 0 Å². The van der Waals surface area contributed by atoms with Crippen molar-refractivity contribution in [1.82, 2.24) is 0 Å². The van der Waals surface area contributed by atoms with Crippen molar-refractivity contribution in [3.05, 3.63) is 238 Å². The van der Waals surface area contributed by atoms with E-state index in [1.54, 1.807) is 86.2 Å². The van der Waals surface area contributed by atoms with E-state index in [0.717, 1.165) is 119 Å². The van der Waals surface area contributed by atoms with Gasteiger partial charge < -0.3 is 59.1 Å². The van der Waals surface area contributed by atoms with E-state index >= 15 is 0 Å². The third-order valence-corrected chi connectivity index (χ3v) is 12.6. The van der Waals surface area contributed by atoms with Crippen molar-refractivity contribution in [2.24, 2.45) is 0 Å². The SMILES string of the molecule is C.C1=COCCC1.CO.COc1cc(C=O)ccc1O.COc1cc(C=O)ccc1OC1CCCCO1.C[O-].Cc1cc(/C=C/C(=O)c2ccccc2)ccc1O.Cc1cc(/C=C/C(=O)c2ccccc2)ccc1OC1CCCCO1.O=Cc1ccccc1.[Ba+2].[OH-]. The van der Waals surface area contributed by atoms with Gasteiger partial charge in [0, 0.05) is 47.8 Å². The molecule has 0 saturated carbocycles. The number of aromatic hydroxyl groups is 2. The molecule has 0 aromatic heterocycles. The number of carbonyl (C=O) groups is 5. The molecule has 18 heteroatoms. The van der Waals surface area contributed by atoms with E-state index in [-0.39, 0.29) is 97.4 Å². The Morgan fingerprint density at radius 1 is 0.495 bits per heavy atom. The number of aldehydes is 3. The summed E-state index contributed by atoms with van der Waals surface area (Å²) >= 11 is 0. The fourth-order valence-electron chi connectivity index (χ4n) is 7.97. The van der Waals surface area contributed by atoms with Gasteiger partial charge in [0.1, 0.15) is 30.4 Å². The predicted octanol–water partition coefficient (Wildman–Crippen LogP) is 13.5. The molecule has 0 aliphatic carbocycles. The second-order valence-electron chi connectivity index (χ2n) is 19.0. The van der Waals surface area contributed by atoms with Crippen LogP contribution in [0.3, 0.4) is 0 Å². The smallest absolute Gasteiger partial charge is 0.870 e. The molecule has 3 aliphatic rings. The molecule has 4 N–H and O–H groups in total.